The van der Waals surface area contributed by atoms with E-state index < -0.39 is 5.60 Å². The molecule has 0 fully saturated rings. The van der Waals surface area contributed by atoms with E-state index in [1.54, 1.807) is 14.2 Å². The number of nitrogens with zero attached hydrogens (tertiary/aromatic N) is 2. The van der Waals surface area contributed by atoms with Crippen molar-refractivity contribution in [2.75, 3.05) is 32.6 Å². The third kappa shape index (κ3) is 8.80. The van der Waals surface area contributed by atoms with Gasteiger partial charge in [0.2, 0.25) is 0 Å². The second kappa shape index (κ2) is 10.2. The summed E-state index contributed by atoms with van der Waals surface area (Å²) in [5, 5.41) is 2.97. The van der Waals surface area contributed by atoms with Crippen LogP contribution in [0.5, 0.6) is 5.75 Å². The molecule has 0 aliphatic heterocycles. The van der Waals surface area contributed by atoms with Crippen molar-refractivity contribution in [3.05, 3.63) is 24.3 Å². The number of amides is 1. The predicted octanol–water partition coefficient (Wildman–Crippen LogP) is 2.91. The van der Waals surface area contributed by atoms with Crippen molar-refractivity contribution in [2.45, 2.75) is 26.4 Å². The molecule has 0 heterocycles. The van der Waals surface area contributed by atoms with Crippen LogP contribution in [0.3, 0.4) is 0 Å². The first kappa shape index (κ1) is 22.3. The van der Waals surface area contributed by atoms with Gasteiger partial charge in [-0.2, -0.15) is 0 Å². The number of benzene rings is 1. The number of hydrogen-bond donors (Lipinski definition) is 2. The van der Waals surface area contributed by atoms with E-state index in [-0.39, 0.29) is 36.0 Å². The number of hydrogen-bond acceptors (Lipinski definition) is 4. The van der Waals surface area contributed by atoms with E-state index in [4.69, 9.17) is 15.2 Å². The van der Waals surface area contributed by atoms with Crippen LogP contribution < -0.4 is 15.8 Å². The van der Waals surface area contributed by atoms with Crippen molar-refractivity contribution in [3.63, 3.8) is 0 Å². The fraction of sp³-hybridized carbons (Fsp3) is 0.500. The molecule has 0 spiro atoms. The highest BCUT2D eigenvalue weighted by atomic mass is 127. The number of methoxy groups -OCH3 is 1. The maximum atomic E-state index is 11.8. The average Bonchev–Trinajstić information content (AvgIpc) is 2.46. The van der Waals surface area contributed by atoms with E-state index in [9.17, 15) is 4.79 Å². The average molecular weight is 450 g/mol. The molecule has 0 unspecified atom stereocenters. The van der Waals surface area contributed by atoms with Crippen LogP contribution in [0.1, 0.15) is 20.8 Å². The molecular formula is C16H27IN4O3. The van der Waals surface area contributed by atoms with Crippen molar-refractivity contribution < 1.29 is 14.3 Å². The quantitative estimate of drug-likeness (QED) is 0.409. The van der Waals surface area contributed by atoms with Crippen molar-refractivity contribution in [3.8, 4) is 5.75 Å². The Kier molecular flexibility index (Phi) is 9.49. The number of carbonyl (C=O) groups excluding carboxylic acids is 1. The van der Waals surface area contributed by atoms with Crippen LogP contribution in [0.2, 0.25) is 0 Å². The number of ether oxygens (including phenoxy) is 2. The van der Waals surface area contributed by atoms with Gasteiger partial charge in [0.05, 0.1) is 13.7 Å². The molecule has 0 radical (unpaired) electrons. The Balaban J connectivity index is 0.00000529. The van der Waals surface area contributed by atoms with Crippen LogP contribution in [0.4, 0.5) is 10.5 Å². The van der Waals surface area contributed by atoms with E-state index in [1.165, 1.54) is 4.90 Å². The Morgan fingerprint density at radius 1 is 1.29 bits per heavy atom. The lowest BCUT2D eigenvalue weighted by Gasteiger charge is -2.24. The lowest BCUT2D eigenvalue weighted by Crippen LogP contribution is -2.36. The van der Waals surface area contributed by atoms with Gasteiger partial charge in [0.15, 0.2) is 5.96 Å². The zero-order chi connectivity index (χ0) is 17.5. The standard InChI is InChI=1S/C16H26N4O3.HI/c1-16(2,3)23-15(21)20(4)11-10-18-14(17)19-12-6-8-13(22-5)9-7-12;/h6-9H,10-11H2,1-5H3,(H3,17,18,19);1H. The molecule has 1 rings (SSSR count). The second-order valence-electron chi connectivity index (χ2n) is 6.02. The summed E-state index contributed by atoms with van der Waals surface area (Å²) in [6.07, 6.45) is -0.380. The summed E-state index contributed by atoms with van der Waals surface area (Å²) in [5.74, 6) is 1.05. The van der Waals surface area contributed by atoms with Crippen molar-refractivity contribution in [2.24, 2.45) is 10.7 Å². The molecule has 0 aromatic heterocycles. The number of aliphatic imine (C=N–C) groups is 1. The maximum absolute atomic E-state index is 11.8. The molecule has 1 aromatic carbocycles. The topological polar surface area (TPSA) is 89.2 Å². The molecular weight excluding hydrogens is 423 g/mol. The summed E-state index contributed by atoms with van der Waals surface area (Å²) in [6, 6.07) is 7.33. The molecule has 0 atom stereocenters. The number of nitrogens with one attached hydrogen (secondary N) is 1. The zero-order valence-electron chi connectivity index (χ0n) is 14.8. The van der Waals surface area contributed by atoms with Crippen LogP contribution in [0.25, 0.3) is 0 Å². The minimum absolute atomic E-state index is 0. The molecule has 0 saturated heterocycles. The zero-order valence-corrected chi connectivity index (χ0v) is 17.2. The Morgan fingerprint density at radius 3 is 2.38 bits per heavy atom. The number of halogens is 1. The van der Waals surface area contributed by atoms with Crippen LogP contribution >= 0.6 is 24.0 Å². The smallest absolute Gasteiger partial charge is 0.410 e. The first-order chi connectivity index (χ1) is 10.7. The Labute approximate surface area is 160 Å². The van der Waals surface area contributed by atoms with Gasteiger partial charge in [-0.3, -0.25) is 4.99 Å². The Bertz CT molecular complexity index is 541. The van der Waals surface area contributed by atoms with Crippen molar-refractivity contribution in [1.82, 2.24) is 4.90 Å². The molecule has 24 heavy (non-hydrogen) atoms. The minimum atomic E-state index is -0.510. The molecule has 7 nitrogen and oxygen atoms in total. The summed E-state index contributed by atoms with van der Waals surface area (Å²) in [6.45, 7) is 6.28. The number of anilines is 1. The normalized spacial score (nSPS) is 11.3. The molecule has 0 aliphatic rings. The van der Waals surface area contributed by atoms with Gasteiger partial charge in [-0.1, -0.05) is 0 Å². The monoisotopic (exact) mass is 450 g/mol. The summed E-state index contributed by atoms with van der Waals surface area (Å²) in [5.41, 5.74) is 6.12. The minimum Gasteiger partial charge on any atom is -0.497 e. The van der Waals surface area contributed by atoms with Crippen LogP contribution in [0.15, 0.2) is 29.3 Å². The number of nitrogens with two attached hydrogens (primary N) is 1. The molecule has 136 valence electrons. The van der Waals surface area contributed by atoms with E-state index >= 15 is 0 Å². The molecule has 1 amide bonds. The molecule has 1 aromatic rings. The Morgan fingerprint density at radius 2 is 1.88 bits per heavy atom. The molecule has 0 aliphatic carbocycles. The van der Waals surface area contributed by atoms with Crippen molar-refractivity contribution in [1.29, 1.82) is 0 Å². The van der Waals surface area contributed by atoms with Crippen LogP contribution in [-0.4, -0.2) is 49.8 Å². The number of guanidine groups is 1. The van der Waals surface area contributed by atoms with Crippen LogP contribution in [0, 0.1) is 0 Å². The van der Waals surface area contributed by atoms with Crippen LogP contribution in [-0.2, 0) is 4.74 Å². The van der Waals surface area contributed by atoms with E-state index in [0.717, 1.165) is 11.4 Å². The van der Waals surface area contributed by atoms with E-state index in [1.807, 2.05) is 45.0 Å². The van der Waals surface area contributed by atoms with Gasteiger partial charge in [0, 0.05) is 19.3 Å². The van der Waals surface area contributed by atoms with E-state index in [2.05, 4.69) is 10.3 Å². The van der Waals surface area contributed by atoms with Gasteiger partial charge < -0.3 is 25.4 Å². The van der Waals surface area contributed by atoms with Gasteiger partial charge in [-0.15, -0.1) is 24.0 Å². The highest BCUT2D eigenvalue weighted by Gasteiger charge is 2.18. The van der Waals surface area contributed by atoms with Gasteiger partial charge >= 0.3 is 6.09 Å². The summed E-state index contributed by atoms with van der Waals surface area (Å²) in [7, 11) is 3.27. The molecule has 3 N–H and O–H groups in total. The summed E-state index contributed by atoms with van der Waals surface area (Å²) < 4.78 is 10.3. The molecule has 0 saturated carbocycles. The van der Waals surface area contributed by atoms with Gasteiger partial charge in [0.25, 0.3) is 0 Å². The van der Waals surface area contributed by atoms with E-state index in [0.29, 0.717) is 13.1 Å². The predicted molar refractivity (Wildman–Crippen MR) is 107 cm³/mol. The lowest BCUT2D eigenvalue weighted by molar-refractivity contribution is 0.0304. The highest BCUT2D eigenvalue weighted by Crippen LogP contribution is 2.14. The SMILES string of the molecule is COc1ccc(NC(N)=NCCN(C)C(=O)OC(C)(C)C)cc1.I. The third-order valence-electron chi connectivity index (χ3n) is 2.79. The Hall–Kier alpha value is -1.71. The van der Waals surface area contributed by atoms with Gasteiger partial charge in [0.1, 0.15) is 11.4 Å². The maximum Gasteiger partial charge on any atom is 0.410 e. The molecule has 0 bridgehead atoms. The first-order valence-electron chi connectivity index (χ1n) is 7.36. The lowest BCUT2D eigenvalue weighted by atomic mass is 10.2. The first-order valence-corrected chi connectivity index (χ1v) is 7.36. The number of carbonyl (C=O) groups is 1. The fourth-order valence-electron chi connectivity index (χ4n) is 1.61. The number of likely N-dealkylation sites (N-methyl/N-ethyl adjacent to an activating group) is 1. The summed E-state index contributed by atoms with van der Waals surface area (Å²) >= 11 is 0. The fourth-order valence-corrected chi connectivity index (χ4v) is 1.61. The largest absolute Gasteiger partial charge is 0.497 e. The molecule has 8 heteroatoms. The van der Waals surface area contributed by atoms with Gasteiger partial charge in [-0.25, -0.2) is 4.79 Å². The second-order valence-corrected chi connectivity index (χ2v) is 6.02. The highest BCUT2D eigenvalue weighted by molar-refractivity contribution is 14.0. The van der Waals surface area contributed by atoms with Crippen molar-refractivity contribution >= 4 is 41.7 Å². The van der Waals surface area contributed by atoms with Gasteiger partial charge in [-0.05, 0) is 45.0 Å². The number of rotatable bonds is 5. The third-order valence-corrected chi connectivity index (χ3v) is 2.79. The summed E-state index contributed by atoms with van der Waals surface area (Å²) in [4.78, 5) is 17.4.